The van der Waals surface area contributed by atoms with Crippen molar-refractivity contribution < 1.29 is 9.53 Å². The minimum atomic E-state index is -0.156. The van der Waals surface area contributed by atoms with Crippen molar-refractivity contribution in [3.63, 3.8) is 0 Å². The van der Waals surface area contributed by atoms with Crippen molar-refractivity contribution in [1.82, 2.24) is 15.2 Å². The number of nitrogens with one attached hydrogen (secondary N) is 1. The number of fused-ring (bicyclic) bond motifs is 1. The summed E-state index contributed by atoms with van der Waals surface area (Å²) in [5.74, 6) is 1.31. The highest BCUT2D eigenvalue weighted by Gasteiger charge is 2.43. The molecule has 1 amide bonds. The van der Waals surface area contributed by atoms with Gasteiger partial charge in [0.1, 0.15) is 16.4 Å². The number of amides is 1. The topological polar surface area (TPSA) is 54.5 Å². The molecule has 1 fully saturated rings. The Labute approximate surface area is 171 Å². The van der Waals surface area contributed by atoms with E-state index in [1.807, 2.05) is 37.6 Å². The molecule has 1 spiro atoms. The molecule has 28 heavy (non-hydrogen) atoms. The molecule has 2 aromatic rings. The van der Waals surface area contributed by atoms with Gasteiger partial charge in [0.05, 0.1) is 6.54 Å². The van der Waals surface area contributed by atoms with Crippen molar-refractivity contribution in [1.29, 1.82) is 0 Å². The van der Waals surface area contributed by atoms with Crippen LogP contribution in [0.1, 0.15) is 56.0 Å². The fourth-order valence-corrected chi connectivity index (χ4v) is 5.14. The van der Waals surface area contributed by atoms with Gasteiger partial charge < -0.3 is 10.1 Å². The quantitative estimate of drug-likeness (QED) is 0.827. The number of hydrogen-bond acceptors (Lipinski definition) is 5. The van der Waals surface area contributed by atoms with Gasteiger partial charge in [-0.3, -0.25) is 9.69 Å². The molecule has 0 saturated carbocycles. The van der Waals surface area contributed by atoms with Gasteiger partial charge in [0.15, 0.2) is 0 Å². The zero-order chi connectivity index (χ0) is 19.6. The molecular formula is C22H29N3O2S. The average Bonchev–Trinajstić information content (AvgIpc) is 3.16. The first-order valence-corrected chi connectivity index (χ1v) is 11.1. The Morgan fingerprint density at radius 1 is 1.36 bits per heavy atom. The van der Waals surface area contributed by atoms with Crippen LogP contribution >= 0.6 is 11.3 Å². The maximum atomic E-state index is 12.5. The molecule has 0 aliphatic carbocycles. The molecule has 0 radical (unpaired) electrons. The summed E-state index contributed by atoms with van der Waals surface area (Å²) in [6.07, 6.45) is 5.31. The van der Waals surface area contributed by atoms with Gasteiger partial charge in [-0.1, -0.05) is 18.2 Å². The average molecular weight is 400 g/mol. The second kappa shape index (κ2) is 8.21. The molecule has 4 rings (SSSR count). The van der Waals surface area contributed by atoms with E-state index in [4.69, 9.17) is 4.74 Å². The highest BCUT2D eigenvalue weighted by atomic mass is 32.1. The Kier molecular flexibility index (Phi) is 5.69. The molecule has 1 aromatic carbocycles. The first-order valence-electron chi connectivity index (χ1n) is 10.2. The summed E-state index contributed by atoms with van der Waals surface area (Å²) in [4.78, 5) is 19.3. The summed E-state index contributed by atoms with van der Waals surface area (Å²) < 4.78 is 6.57. The zero-order valence-corrected chi connectivity index (χ0v) is 17.5. The normalized spacial score (nSPS) is 21.3. The fourth-order valence-electron chi connectivity index (χ4n) is 4.48. The smallest absolute Gasteiger partial charge is 0.220 e. The largest absolute Gasteiger partial charge is 0.487 e. The highest BCUT2D eigenvalue weighted by molar-refractivity contribution is 7.09. The van der Waals surface area contributed by atoms with Crippen molar-refractivity contribution in [3.05, 3.63) is 46.4 Å². The molecule has 1 atom stereocenters. The van der Waals surface area contributed by atoms with Crippen molar-refractivity contribution in [3.8, 4) is 5.75 Å². The lowest BCUT2D eigenvalue weighted by Gasteiger charge is -2.47. The summed E-state index contributed by atoms with van der Waals surface area (Å²) in [5.41, 5.74) is 1.02. The predicted molar refractivity (Wildman–Crippen MR) is 112 cm³/mol. The van der Waals surface area contributed by atoms with Gasteiger partial charge in [-0.2, -0.15) is 0 Å². The number of piperidine rings is 1. The summed E-state index contributed by atoms with van der Waals surface area (Å²) in [6.45, 7) is 6.95. The van der Waals surface area contributed by atoms with Crippen LogP contribution in [0.25, 0.3) is 0 Å². The number of thiazole rings is 1. The van der Waals surface area contributed by atoms with Crippen LogP contribution in [0.4, 0.5) is 0 Å². The predicted octanol–water partition coefficient (Wildman–Crippen LogP) is 3.96. The lowest BCUT2D eigenvalue weighted by Crippen LogP contribution is -2.50. The van der Waals surface area contributed by atoms with Crippen LogP contribution in [-0.4, -0.2) is 40.5 Å². The van der Waals surface area contributed by atoms with Gasteiger partial charge in [0, 0.05) is 43.0 Å². The third-order valence-corrected chi connectivity index (χ3v) is 6.56. The maximum Gasteiger partial charge on any atom is 0.220 e. The number of rotatable bonds is 5. The number of benzene rings is 1. The number of hydrogen-bond donors (Lipinski definition) is 1. The number of para-hydroxylation sites is 1. The third kappa shape index (κ3) is 4.39. The Hall–Kier alpha value is -1.92. The lowest BCUT2D eigenvalue weighted by molar-refractivity contribution is -0.122. The molecule has 6 heteroatoms. The number of carbonyl (C=O) groups is 1. The van der Waals surface area contributed by atoms with Crippen molar-refractivity contribution in [2.45, 2.75) is 63.6 Å². The Morgan fingerprint density at radius 2 is 2.14 bits per heavy atom. The molecule has 0 unspecified atom stereocenters. The molecule has 3 heterocycles. The molecule has 2 aliphatic heterocycles. The van der Waals surface area contributed by atoms with E-state index in [0.717, 1.165) is 44.6 Å². The summed E-state index contributed by atoms with van der Waals surface area (Å²) in [5, 5.41) is 6.26. The first kappa shape index (κ1) is 19.4. The monoisotopic (exact) mass is 399 g/mol. The SMILES string of the molecule is CC(C)NC(=O)C[C@@H]1CC2(CCN(Cc3nccs3)CC2)Oc2ccccc21. The summed E-state index contributed by atoms with van der Waals surface area (Å²) >= 11 is 1.72. The highest BCUT2D eigenvalue weighted by Crippen LogP contribution is 2.46. The first-order chi connectivity index (χ1) is 13.5. The van der Waals surface area contributed by atoms with Crippen LogP contribution in [0.2, 0.25) is 0 Å². The van der Waals surface area contributed by atoms with Crippen LogP contribution in [-0.2, 0) is 11.3 Å². The molecule has 1 saturated heterocycles. The van der Waals surface area contributed by atoms with Crippen LogP contribution in [0.5, 0.6) is 5.75 Å². The number of likely N-dealkylation sites (tertiary alicyclic amines) is 1. The third-order valence-electron chi connectivity index (χ3n) is 5.79. The van der Waals surface area contributed by atoms with Crippen molar-refractivity contribution >= 4 is 17.2 Å². The second-order valence-corrected chi connectivity index (χ2v) is 9.33. The maximum absolute atomic E-state index is 12.5. The Bertz CT molecular complexity index is 798. The minimum absolute atomic E-state index is 0.132. The van der Waals surface area contributed by atoms with Gasteiger partial charge in [0.2, 0.25) is 5.91 Å². The molecule has 1 N–H and O–H groups in total. The zero-order valence-electron chi connectivity index (χ0n) is 16.7. The standard InChI is InChI=1S/C22H29N3O2S/c1-16(2)24-20(26)13-17-14-22(27-19-6-4-3-5-18(17)19)7-10-25(11-8-22)15-21-23-9-12-28-21/h3-6,9,12,16-17H,7-8,10-11,13-15H2,1-2H3,(H,24,26)/t17-/m1/s1. The van der Waals surface area contributed by atoms with E-state index in [2.05, 4.69) is 27.3 Å². The van der Waals surface area contributed by atoms with E-state index in [-0.39, 0.29) is 23.5 Å². The van der Waals surface area contributed by atoms with Crippen LogP contribution in [0.15, 0.2) is 35.8 Å². The number of carbonyl (C=O) groups excluding carboxylic acids is 1. The van der Waals surface area contributed by atoms with E-state index < -0.39 is 0 Å². The fraction of sp³-hybridized carbons (Fsp3) is 0.545. The number of ether oxygens (including phenoxy) is 1. The molecule has 2 aliphatic rings. The van der Waals surface area contributed by atoms with Gasteiger partial charge in [-0.25, -0.2) is 4.98 Å². The van der Waals surface area contributed by atoms with Gasteiger partial charge in [0.25, 0.3) is 0 Å². The van der Waals surface area contributed by atoms with Gasteiger partial charge >= 0.3 is 0 Å². The number of aromatic nitrogens is 1. The molecular weight excluding hydrogens is 370 g/mol. The number of nitrogens with zero attached hydrogens (tertiary/aromatic N) is 2. The van der Waals surface area contributed by atoms with E-state index in [9.17, 15) is 4.79 Å². The molecule has 1 aromatic heterocycles. The van der Waals surface area contributed by atoms with E-state index in [0.29, 0.717) is 6.42 Å². The summed E-state index contributed by atoms with van der Waals surface area (Å²) in [6, 6.07) is 8.43. The van der Waals surface area contributed by atoms with Crippen LogP contribution < -0.4 is 10.1 Å². The van der Waals surface area contributed by atoms with E-state index >= 15 is 0 Å². The molecule has 150 valence electrons. The van der Waals surface area contributed by atoms with Gasteiger partial charge in [-0.05, 0) is 44.7 Å². The van der Waals surface area contributed by atoms with E-state index in [1.54, 1.807) is 11.3 Å². The van der Waals surface area contributed by atoms with Crippen molar-refractivity contribution in [2.24, 2.45) is 0 Å². The Balaban J connectivity index is 1.46. The van der Waals surface area contributed by atoms with Crippen molar-refractivity contribution in [2.75, 3.05) is 13.1 Å². The molecule has 5 nitrogen and oxygen atoms in total. The lowest BCUT2D eigenvalue weighted by atomic mass is 9.76. The second-order valence-electron chi connectivity index (χ2n) is 8.35. The summed E-state index contributed by atoms with van der Waals surface area (Å²) in [7, 11) is 0. The van der Waals surface area contributed by atoms with Gasteiger partial charge in [-0.15, -0.1) is 11.3 Å². The molecule has 0 bridgehead atoms. The Morgan fingerprint density at radius 3 is 2.86 bits per heavy atom. The van der Waals surface area contributed by atoms with Crippen LogP contribution in [0, 0.1) is 0 Å². The minimum Gasteiger partial charge on any atom is -0.487 e. The van der Waals surface area contributed by atoms with Crippen LogP contribution in [0.3, 0.4) is 0 Å². The van der Waals surface area contributed by atoms with E-state index in [1.165, 1.54) is 10.6 Å².